The summed E-state index contributed by atoms with van der Waals surface area (Å²) in [7, 11) is 0. The highest BCUT2D eigenvalue weighted by Gasteiger charge is 2.26. The number of H-pyrrole nitrogens is 1. The second kappa shape index (κ2) is 6.80. The molecule has 0 spiro atoms. The first-order chi connectivity index (χ1) is 12.5. The van der Waals surface area contributed by atoms with E-state index in [0.29, 0.717) is 12.8 Å². The van der Waals surface area contributed by atoms with Crippen molar-refractivity contribution in [3.05, 3.63) is 51.5 Å². The number of hydrogen-bond donors (Lipinski definition) is 2. The molecule has 2 heterocycles. The average Bonchev–Trinajstić information content (AvgIpc) is 3.16. The lowest BCUT2D eigenvalue weighted by atomic mass is 9.91. The second-order valence-electron chi connectivity index (χ2n) is 6.99. The maximum Gasteiger partial charge on any atom is 0.220 e. The number of benzene rings is 1. The highest BCUT2D eigenvalue weighted by Crippen LogP contribution is 2.37. The number of para-hydroxylation sites is 1. The highest BCUT2D eigenvalue weighted by molar-refractivity contribution is 6.35. The molecule has 2 aromatic heterocycles. The highest BCUT2D eigenvalue weighted by atomic mass is 35.5. The Kier molecular flexibility index (Phi) is 4.49. The Morgan fingerprint density at radius 2 is 2.27 bits per heavy atom. The number of aromatic nitrogens is 2. The molecular weight excluding hydrogens is 350 g/mol. The van der Waals surface area contributed by atoms with E-state index in [1.165, 1.54) is 10.9 Å². The molecule has 136 valence electrons. The van der Waals surface area contributed by atoms with Gasteiger partial charge in [0.25, 0.3) is 0 Å². The summed E-state index contributed by atoms with van der Waals surface area (Å²) in [6.07, 6.45) is 4.08. The number of halogens is 1. The van der Waals surface area contributed by atoms with Crippen LogP contribution in [0.2, 0.25) is 5.02 Å². The van der Waals surface area contributed by atoms with E-state index >= 15 is 0 Å². The van der Waals surface area contributed by atoms with Crippen LogP contribution in [-0.4, -0.2) is 16.0 Å². The number of nitrogens with one attached hydrogen (secondary N) is 2. The molecule has 4 rings (SSSR count). The van der Waals surface area contributed by atoms with Crippen LogP contribution < -0.4 is 5.32 Å². The monoisotopic (exact) mass is 371 g/mol. The van der Waals surface area contributed by atoms with Crippen molar-refractivity contribution in [1.29, 1.82) is 0 Å². The van der Waals surface area contributed by atoms with Crippen LogP contribution in [0.15, 0.2) is 22.7 Å². The molecule has 1 amide bonds. The number of carbonyl (C=O) groups is 1. The van der Waals surface area contributed by atoms with E-state index in [0.717, 1.165) is 52.5 Å². The zero-order chi connectivity index (χ0) is 18.3. The van der Waals surface area contributed by atoms with Crippen molar-refractivity contribution < 1.29 is 9.32 Å². The summed E-state index contributed by atoms with van der Waals surface area (Å²) in [6, 6.07) is 5.98. The lowest BCUT2D eigenvalue weighted by Gasteiger charge is -2.24. The smallest absolute Gasteiger partial charge is 0.220 e. The number of aromatic amines is 1. The van der Waals surface area contributed by atoms with Crippen LogP contribution in [0.25, 0.3) is 10.9 Å². The molecule has 0 saturated carbocycles. The fraction of sp³-hybridized carbons (Fsp3) is 0.400. The number of fused-ring (bicyclic) bond motifs is 3. The van der Waals surface area contributed by atoms with E-state index < -0.39 is 0 Å². The van der Waals surface area contributed by atoms with E-state index in [-0.39, 0.29) is 11.9 Å². The van der Waals surface area contributed by atoms with Gasteiger partial charge in [-0.3, -0.25) is 4.79 Å². The largest absolute Gasteiger partial charge is 0.361 e. The molecule has 0 fully saturated rings. The van der Waals surface area contributed by atoms with E-state index in [1.54, 1.807) is 0 Å². The average molecular weight is 372 g/mol. The summed E-state index contributed by atoms with van der Waals surface area (Å²) in [6.45, 7) is 3.79. The van der Waals surface area contributed by atoms with Gasteiger partial charge in [0.2, 0.25) is 5.91 Å². The van der Waals surface area contributed by atoms with Gasteiger partial charge in [0.1, 0.15) is 5.76 Å². The molecule has 5 nitrogen and oxygen atoms in total. The Hall–Kier alpha value is -2.27. The van der Waals surface area contributed by atoms with Crippen molar-refractivity contribution in [3.63, 3.8) is 0 Å². The minimum absolute atomic E-state index is 0.0133. The van der Waals surface area contributed by atoms with E-state index in [1.807, 2.05) is 26.0 Å². The topological polar surface area (TPSA) is 70.9 Å². The minimum atomic E-state index is 0.0133. The van der Waals surface area contributed by atoms with Crippen LogP contribution >= 0.6 is 11.6 Å². The van der Waals surface area contributed by atoms with Gasteiger partial charge in [-0.15, -0.1) is 0 Å². The zero-order valence-electron chi connectivity index (χ0n) is 15.0. The van der Waals surface area contributed by atoms with Crippen molar-refractivity contribution in [1.82, 2.24) is 15.5 Å². The first-order valence-electron chi connectivity index (χ1n) is 9.04. The normalized spacial score (nSPS) is 16.7. The van der Waals surface area contributed by atoms with Gasteiger partial charge in [0.05, 0.1) is 22.3 Å². The van der Waals surface area contributed by atoms with Crippen LogP contribution in [-0.2, 0) is 17.6 Å². The lowest BCUT2D eigenvalue weighted by molar-refractivity contribution is -0.121. The molecule has 6 heteroatoms. The number of rotatable bonds is 4. The molecule has 0 bridgehead atoms. The number of amides is 1. The Morgan fingerprint density at radius 3 is 3.04 bits per heavy atom. The van der Waals surface area contributed by atoms with Crippen molar-refractivity contribution in [2.24, 2.45) is 0 Å². The maximum absolute atomic E-state index is 12.5. The molecule has 1 aromatic carbocycles. The van der Waals surface area contributed by atoms with Gasteiger partial charge in [0, 0.05) is 23.1 Å². The van der Waals surface area contributed by atoms with E-state index in [2.05, 4.69) is 21.5 Å². The Bertz CT molecular complexity index is 954. The van der Waals surface area contributed by atoms with E-state index in [4.69, 9.17) is 16.1 Å². The number of nitrogens with zero attached hydrogens (tertiary/aromatic N) is 1. The van der Waals surface area contributed by atoms with Crippen LogP contribution in [0, 0.1) is 13.8 Å². The van der Waals surface area contributed by atoms with Crippen molar-refractivity contribution in [2.75, 3.05) is 0 Å². The van der Waals surface area contributed by atoms with Crippen molar-refractivity contribution >= 4 is 28.4 Å². The number of aryl methyl sites for hydroxylation is 3. The van der Waals surface area contributed by atoms with Gasteiger partial charge < -0.3 is 14.8 Å². The molecule has 1 aliphatic carbocycles. The lowest BCUT2D eigenvalue weighted by Crippen LogP contribution is -2.31. The summed E-state index contributed by atoms with van der Waals surface area (Å²) < 4.78 is 5.17. The molecule has 0 saturated heterocycles. The predicted octanol–water partition coefficient (Wildman–Crippen LogP) is 4.55. The summed E-state index contributed by atoms with van der Waals surface area (Å²) in [5.41, 5.74) is 5.24. The Balaban J connectivity index is 1.50. The fourth-order valence-corrected chi connectivity index (χ4v) is 4.18. The van der Waals surface area contributed by atoms with E-state index in [9.17, 15) is 4.79 Å². The third kappa shape index (κ3) is 3.01. The molecule has 3 aromatic rings. The summed E-state index contributed by atoms with van der Waals surface area (Å²) >= 11 is 6.33. The van der Waals surface area contributed by atoms with Crippen LogP contribution in [0.5, 0.6) is 0 Å². The summed E-state index contributed by atoms with van der Waals surface area (Å²) in [4.78, 5) is 16.0. The van der Waals surface area contributed by atoms with Gasteiger partial charge >= 0.3 is 0 Å². The van der Waals surface area contributed by atoms with Crippen molar-refractivity contribution in [2.45, 2.75) is 52.0 Å². The third-order valence-electron chi connectivity index (χ3n) is 5.31. The predicted molar refractivity (Wildman–Crippen MR) is 101 cm³/mol. The standard InChI is InChI=1S/C20H22ClN3O2/c1-11-13(12(2)26-24-11)9-10-18(25)22-17-8-4-6-15-14-5-3-7-16(21)19(14)23-20(15)17/h3,5,7,17,23H,4,6,8-10H2,1-2H3,(H,22,25)/t17-/m0/s1. The van der Waals surface area contributed by atoms with Gasteiger partial charge in [0.15, 0.2) is 0 Å². The Labute approximate surface area is 157 Å². The van der Waals surface area contributed by atoms with Gasteiger partial charge in [-0.25, -0.2) is 0 Å². The molecule has 26 heavy (non-hydrogen) atoms. The number of hydrogen-bond acceptors (Lipinski definition) is 3. The first kappa shape index (κ1) is 17.2. The minimum Gasteiger partial charge on any atom is -0.361 e. The summed E-state index contributed by atoms with van der Waals surface area (Å²) in [5.74, 6) is 0.841. The molecule has 0 radical (unpaired) electrons. The van der Waals surface area contributed by atoms with Gasteiger partial charge in [-0.1, -0.05) is 28.9 Å². The number of carbonyl (C=O) groups excluding carboxylic acids is 1. The quantitative estimate of drug-likeness (QED) is 0.706. The molecule has 1 aliphatic rings. The van der Waals surface area contributed by atoms with Crippen LogP contribution in [0.3, 0.4) is 0 Å². The molecule has 0 unspecified atom stereocenters. The zero-order valence-corrected chi connectivity index (χ0v) is 15.7. The third-order valence-corrected chi connectivity index (χ3v) is 5.63. The maximum atomic E-state index is 12.5. The Morgan fingerprint density at radius 1 is 1.42 bits per heavy atom. The first-order valence-corrected chi connectivity index (χ1v) is 9.42. The molecule has 1 atom stereocenters. The van der Waals surface area contributed by atoms with Gasteiger partial charge in [-0.2, -0.15) is 0 Å². The second-order valence-corrected chi connectivity index (χ2v) is 7.40. The SMILES string of the molecule is Cc1noc(C)c1CCC(=O)N[C@H]1CCCc2c1[nH]c1c(Cl)cccc21. The molecule has 2 N–H and O–H groups in total. The van der Waals surface area contributed by atoms with Crippen molar-refractivity contribution in [3.8, 4) is 0 Å². The molecular formula is C20H22ClN3O2. The van der Waals surface area contributed by atoms with Crippen LogP contribution in [0.1, 0.15) is 53.6 Å². The molecule has 0 aliphatic heterocycles. The fourth-order valence-electron chi connectivity index (χ4n) is 3.96. The van der Waals surface area contributed by atoms with Crippen LogP contribution in [0.4, 0.5) is 0 Å². The summed E-state index contributed by atoms with van der Waals surface area (Å²) in [5, 5.41) is 9.03. The van der Waals surface area contributed by atoms with Gasteiger partial charge in [-0.05, 0) is 51.2 Å².